The summed E-state index contributed by atoms with van der Waals surface area (Å²) in [6.07, 6.45) is 1.53. The van der Waals surface area contributed by atoms with Crippen molar-refractivity contribution in [1.82, 2.24) is 0 Å². The summed E-state index contributed by atoms with van der Waals surface area (Å²) >= 11 is 0.718. The lowest BCUT2D eigenvalue weighted by Crippen LogP contribution is -2.30. The SMILES string of the molecule is CCCN(CC(=O)O)c1sc(S(C)(=O)=O)cc1[N+](=O)[O-]. The maximum absolute atomic E-state index is 11.5. The highest BCUT2D eigenvalue weighted by Gasteiger charge is 2.28. The van der Waals surface area contributed by atoms with Crippen LogP contribution < -0.4 is 4.90 Å². The quantitative estimate of drug-likeness (QED) is 0.594. The van der Waals surface area contributed by atoms with Gasteiger partial charge in [0.15, 0.2) is 14.8 Å². The molecule has 1 N–H and O–H groups in total. The second kappa shape index (κ2) is 6.18. The van der Waals surface area contributed by atoms with E-state index in [-0.39, 0.29) is 21.4 Å². The molecule has 0 saturated heterocycles. The van der Waals surface area contributed by atoms with Crippen LogP contribution in [0.3, 0.4) is 0 Å². The van der Waals surface area contributed by atoms with Gasteiger partial charge in [-0.05, 0) is 6.42 Å². The summed E-state index contributed by atoms with van der Waals surface area (Å²) < 4.78 is 22.8. The average Bonchev–Trinajstić information content (AvgIpc) is 2.72. The molecule has 0 fully saturated rings. The monoisotopic (exact) mass is 322 g/mol. The molecule has 1 aromatic rings. The van der Waals surface area contributed by atoms with Crippen molar-refractivity contribution in [3.63, 3.8) is 0 Å². The lowest BCUT2D eigenvalue weighted by atomic mass is 10.4. The number of hydrogen-bond acceptors (Lipinski definition) is 7. The molecular weight excluding hydrogens is 308 g/mol. The minimum Gasteiger partial charge on any atom is -0.480 e. The molecular formula is C10H14N2O6S2. The van der Waals surface area contributed by atoms with E-state index in [0.717, 1.165) is 23.7 Å². The van der Waals surface area contributed by atoms with Crippen LogP contribution in [0, 0.1) is 10.1 Å². The maximum Gasteiger partial charge on any atom is 0.323 e. The number of thiophene rings is 1. The first-order valence-corrected chi connectivity index (χ1v) is 8.32. The van der Waals surface area contributed by atoms with E-state index in [2.05, 4.69) is 0 Å². The van der Waals surface area contributed by atoms with Crippen LogP contribution in [0.15, 0.2) is 10.3 Å². The third-order valence-corrected chi connectivity index (χ3v) is 5.33. The minimum atomic E-state index is -3.57. The van der Waals surface area contributed by atoms with Crippen molar-refractivity contribution in [3.8, 4) is 0 Å². The molecule has 0 bridgehead atoms. The number of carboxylic acid groups (broad SMARTS) is 1. The molecule has 0 aliphatic carbocycles. The largest absolute Gasteiger partial charge is 0.480 e. The van der Waals surface area contributed by atoms with Crippen LogP contribution in [0.5, 0.6) is 0 Å². The molecule has 0 spiro atoms. The highest BCUT2D eigenvalue weighted by Crippen LogP contribution is 2.39. The summed E-state index contributed by atoms with van der Waals surface area (Å²) in [7, 11) is -3.57. The van der Waals surface area contributed by atoms with Crippen LogP contribution in [0.2, 0.25) is 0 Å². The van der Waals surface area contributed by atoms with Crippen molar-refractivity contribution in [2.24, 2.45) is 0 Å². The zero-order chi connectivity index (χ0) is 15.5. The Labute approximate surface area is 119 Å². The molecule has 1 rings (SSSR count). The maximum atomic E-state index is 11.5. The predicted molar refractivity (Wildman–Crippen MR) is 74.2 cm³/mol. The molecule has 8 nitrogen and oxygen atoms in total. The summed E-state index contributed by atoms with van der Waals surface area (Å²) in [4.78, 5) is 22.4. The van der Waals surface area contributed by atoms with Crippen LogP contribution in [-0.2, 0) is 14.6 Å². The number of rotatable bonds is 7. The zero-order valence-electron chi connectivity index (χ0n) is 10.9. The Bertz CT molecular complexity index is 622. The van der Waals surface area contributed by atoms with Crippen LogP contribution in [0.1, 0.15) is 13.3 Å². The van der Waals surface area contributed by atoms with Gasteiger partial charge in [0.25, 0.3) is 0 Å². The van der Waals surface area contributed by atoms with Gasteiger partial charge in [-0.3, -0.25) is 14.9 Å². The van der Waals surface area contributed by atoms with Gasteiger partial charge >= 0.3 is 11.7 Å². The van der Waals surface area contributed by atoms with Gasteiger partial charge in [0.05, 0.1) is 4.92 Å². The van der Waals surface area contributed by atoms with Gasteiger partial charge in [0.1, 0.15) is 10.8 Å². The van der Waals surface area contributed by atoms with Gasteiger partial charge in [-0.1, -0.05) is 18.3 Å². The highest BCUT2D eigenvalue weighted by molar-refractivity contribution is 7.92. The fourth-order valence-electron chi connectivity index (χ4n) is 1.58. The average molecular weight is 322 g/mol. The van der Waals surface area contributed by atoms with Crippen molar-refractivity contribution in [2.75, 3.05) is 24.2 Å². The van der Waals surface area contributed by atoms with Crippen molar-refractivity contribution in [1.29, 1.82) is 0 Å². The normalized spacial score (nSPS) is 11.3. The number of nitro groups is 1. The van der Waals surface area contributed by atoms with Gasteiger partial charge in [0, 0.05) is 18.9 Å². The van der Waals surface area contributed by atoms with Crippen LogP contribution >= 0.6 is 11.3 Å². The highest BCUT2D eigenvalue weighted by atomic mass is 32.2. The molecule has 0 aliphatic rings. The number of hydrogen-bond donors (Lipinski definition) is 1. The lowest BCUT2D eigenvalue weighted by molar-refractivity contribution is -0.383. The van der Waals surface area contributed by atoms with E-state index in [4.69, 9.17) is 5.11 Å². The van der Waals surface area contributed by atoms with E-state index in [0.29, 0.717) is 6.42 Å². The molecule has 0 unspecified atom stereocenters. The Hall–Kier alpha value is -1.68. The first kappa shape index (κ1) is 16.4. The predicted octanol–water partition coefficient (Wildman–Crippen LogP) is 1.36. The number of nitrogens with zero attached hydrogens (tertiary/aromatic N) is 2. The van der Waals surface area contributed by atoms with E-state index >= 15 is 0 Å². The van der Waals surface area contributed by atoms with Crippen molar-refractivity contribution >= 4 is 37.8 Å². The molecule has 0 saturated carbocycles. The van der Waals surface area contributed by atoms with Crippen molar-refractivity contribution in [3.05, 3.63) is 16.2 Å². The molecule has 0 aromatic carbocycles. The minimum absolute atomic E-state index is 0.0553. The first-order chi connectivity index (χ1) is 9.16. The Kier molecular flexibility index (Phi) is 5.06. The van der Waals surface area contributed by atoms with Crippen molar-refractivity contribution in [2.45, 2.75) is 17.6 Å². The molecule has 0 amide bonds. The fraction of sp³-hybridized carbons (Fsp3) is 0.500. The Morgan fingerprint density at radius 1 is 1.55 bits per heavy atom. The van der Waals surface area contributed by atoms with Gasteiger partial charge in [-0.25, -0.2) is 8.42 Å². The fourth-order valence-corrected chi connectivity index (χ4v) is 3.63. The summed E-state index contributed by atoms with van der Waals surface area (Å²) in [5.74, 6) is -1.14. The third kappa shape index (κ3) is 3.90. The van der Waals surface area contributed by atoms with Gasteiger partial charge in [-0.2, -0.15) is 0 Å². The summed E-state index contributed by atoms with van der Waals surface area (Å²) in [5.41, 5.74) is -0.384. The molecule has 0 atom stereocenters. The van der Waals surface area contributed by atoms with Gasteiger partial charge in [-0.15, -0.1) is 0 Å². The van der Waals surface area contributed by atoms with Gasteiger partial charge in [0.2, 0.25) is 0 Å². The topological polar surface area (TPSA) is 118 Å². The standard InChI is InChI=1S/C10H14N2O6S2/c1-3-4-11(6-8(13)14)10-7(12(15)16)5-9(19-10)20(2,17)18/h5H,3-4,6H2,1-2H3,(H,13,14). The Morgan fingerprint density at radius 2 is 2.15 bits per heavy atom. The second-order valence-electron chi connectivity index (χ2n) is 4.10. The van der Waals surface area contributed by atoms with E-state index in [1.807, 2.05) is 0 Å². The van der Waals surface area contributed by atoms with Crippen LogP contribution in [0.25, 0.3) is 0 Å². The van der Waals surface area contributed by atoms with Crippen LogP contribution in [-0.4, -0.2) is 43.8 Å². The molecule has 10 heteroatoms. The molecule has 112 valence electrons. The van der Waals surface area contributed by atoms with E-state index in [1.165, 1.54) is 4.90 Å². The van der Waals surface area contributed by atoms with E-state index < -0.39 is 27.3 Å². The van der Waals surface area contributed by atoms with E-state index in [1.54, 1.807) is 6.92 Å². The summed E-state index contributed by atoms with van der Waals surface area (Å²) in [5, 5.41) is 19.9. The molecule has 20 heavy (non-hydrogen) atoms. The Balaban J connectivity index is 3.35. The molecule has 0 radical (unpaired) electrons. The number of aliphatic carboxylic acids is 1. The Morgan fingerprint density at radius 3 is 2.55 bits per heavy atom. The van der Waals surface area contributed by atoms with Gasteiger partial charge < -0.3 is 10.0 Å². The third-order valence-electron chi connectivity index (χ3n) is 2.34. The van der Waals surface area contributed by atoms with Crippen molar-refractivity contribution < 1.29 is 23.2 Å². The molecule has 1 aromatic heterocycles. The molecule has 0 aliphatic heterocycles. The first-order valence-electron chi connectivity index (χ1n) is 5.61. The number of anilines is 1. The lowest BCUT2D eigenvalue weighted by Gasteiger charge is -2.19. The number of sulfone groups is 1. The number of carbonyl (C=O) groups is 1. The summed E-state index contributed by atoms with van der Waals surface area (Å²) in [6, 6.07) is 0.972. The number of carboxylic acids is 1. The van der Waals surface area contributed by atoms with E-state index in [9.17, 15) is 23.3 Å². The zero-order valence-corrected chi connectivity index (χ0v) is 12.5. The molecule has 1 heterocycles. The van der Waals surface area contributed by atoms with Crippen LogP contribution in [0.4, 0.5) is 10.7 Å². The summed E-state index contributed by atoms with van der Waals surface area (Å²) in [6.45, 7) is 1.67. The second-order valence-corrected chi connectivity index (χ2v) is 7.37. The smallest absolute Gasteiger partial charge is 0.323 e.